The van der Waals surface area contributed by atoms with E-state index in [-0.39, 0.29) is 18.6 Å². The summed E-state index contributed by atoms with van der Waals surface area (Å²) in [6.45, 7) is 1.27. The molecule has 1 unspecified atom stereocenters. The zero-order valence-electron chi connectivity index (χ0n) is 12.0. The molecular weight excluding hydrogens is 327 g/mol. The fourth-order valence-electron chi connectivity index (χ4n) is 3.47. The Morgan fingerprint density at radius 2 is 2.05 bits per heavy atom. The lowest BCUT2D eigenvalue weighted by atomic mass is 9.98. The molecule has 1 saturated heterocycles. The Balaban J connectivity index is 0.00000176. The Kier molecular flexibility index (Phi) is 5.43. The molecule has 122 valence electrons. The molecule has 8 heteroatoms. The number of hydrogen-bond donors (Lipinski definition) is 3. The Labute approximate surface area is 135 Å². The van der Waals surface area contributed by atoms with Gasteiger partial charge in [0.15, 0.2) is 0 Å². The van der Waals surface area contributed by atoms with Gasteiger partial charge in [-0.2, -0.15) is 0 Å². The highest BCUT2D eigenvalue weighted by atomic mass is 35.5. The van der Waals surface area contributed by atoms with Crippen molar-refractivity contribution < 1.29 is 19.1 Å². The number of nitrogens with zero attached hydrogens (tertiary/aromatic N) is 1. The summed E-state index contributed by atoms with van der Waals surface area (Å²) >= 11 is 0. The third-order valence-electron chi connectivity index (χ3n) is 4.38. The topological polar surface area (TPSA) is 89.9 Å². The van der Waals surface area contributed by atoms with Crippen LogP contribution in [-0.4, -0.2) is 39.8 Å². The second-order valence-electron chi connectivity index (χ2n) is 5.63. The van der Waals surface area contributed by atoms with Gasteiger partial charge in [0.25, 0.3) is 0 Å². The van der Waals surface area contributed by atoms with E-state index in [1.54, 1.807) is 4.90 Å². The Hall–Kier alpha value is -0.750. The molecule has 0 bridgehead atoms. The molecule has 3 N–H and O–H groups in total. The smallest absolute Gasteiger partial charge is 0.323 e. The molecule has 0 saturated carbocycles. The molecule has 3 rings (SSSR count). The minimum atomic E-state index is -4.37. The van der Waals surface area contributed by atoms with E-state index in [9.17, 15) is 19.1 Å². The third-order valence-corrected chi connectivity index (χ3v) is 5.74. The molecule has 2 aliphatic heterocycles. The van der Waals surface area contributed by atoms with Crippen molar-refractivity contribution in [2.45, 2.75) is 24.8 Å². The molecule has 1 aromatic rings. The number of halogens is 1. The van der Waals surface area contributed by atoms with E-state index in [4.69, 9.17) is 0 Å². The Bertz CT molecular complexity index is 594. The van der Waals surface area contributed by atoms with E-state index >= 15 is 0 Å². The number of rotatable bonds is 3. The van der Waals surface area contributed by atoms with Crippen LogP contribution in [0, 0.1) is 5.92 Å². The highest BCUT2D eigenvalue weighted by Gasteiger charge is 2.48. The van der Waals surface area contributed by atoms with E-state index in [2.05, 4.69) is 5.32 Å². The van der Waals surface area contributed by atoms with E-state index in [1.807, 2.05) is 24.3 Å². The lowest BCUT2D eigenvalue weighted by Gasteiger charge is -2.38. The molecule has 3 atom stereocenters. The lowest BCUT2D eigenvalue weighted by molar-refractivity contribution is -0.111. The first kappa shape index (κ1) is 17.6. The minimum Gasteiger partial charge on any atom is -0.323 e. The Morgan fingerprint density at radius 3 is 2.73 bits per heavy atom. The van der Waals surface area contributed by atoms with Gasteiger partial charge in [-0.15, -0.1) is 12.4 Å². The first-order chi connectivity index (χ1) is 10.0. The van der Waals surface area contributed by atoms with Crippen molar-refractivity contribution in [2.75, 3.05) is 13.1 Å². The van der Waals surface area contributed by atoms with Crippen molar-refractivity contribution in [2.24, 2.45) is 5.92 Å². The van der Waals surface area contributed by atoms with Gasteiger partial charge < -0.3 is 14.6 Å². The summed E-state index contributed by atoms with van der Waals surface area (Å²) in [7, 11) is -4.37. The van der Waals surface area contributed by atoms with Crippen molar-refractivity contribution >= 4 is 26.3 Å². The number of benzene rings is 1. The lowest BCUT2D eigenvalue weighted by Crippen LogP contribution is -2.45. The predicted octanol–water partition coefficient (Wildman–Crippen LogP) is 1.28. The average molecular weight is 347 g/mol. The standard InChI is InChI=1S/C14H19N2O4P.ClH/c17-9-11-6-8-16(14(11)21(18,19)20)13-12-4-2-1-3-10(12)5-7-15-13;/h1-4,9,11,13-15H,5-8H2,(H2,18,19,20);1H/t11?,13-,14-;/m0./s1. The molecule has 0 aromatic heterocycles. The van der Waals surface area contributed by atoms with Crippen LogP contribution < -0.4 is 5.32 Å². The second kappa shape index (κ2) is 6.79. The third kappa shape index (κ3) is 3.13. The normalized spacial score (nSPS) is 28.7. The highest BCUT2D eigenvalue weighted by molar-refractivity contribution is 7.52. The first-order valence-corrected chi connectivity index (χ1v) is 8.78. The van der Waals surface area contributed by atoms with Crippen LogP contribution in [-0.2, 0) is 15.8 Å². The maximum Gasteiger partial charge on any atom is 0.343 e. The van der Waals surface area contributed by atoms with Crippen LogP contribution in [0.4, 0.5) is 0 Å². The minimum absolute atomic E-state index is 0. The van der Waals surface area contributed by atoms with Gasteiger partial charge in [0, 0.05) is 19.0 Å². The largest absolute Gasteiger partial charge is 0.343 e. The number of fused-ring (bicyclic) bond motifs is 1. The van der Waals surface area contributed by atoms with Gasteiger partial charge in [-0.05, 0) is 24.0 Å². The number of carbonyl (C=O) groups is 1. The van der Waals surface area contributed by atoms with Gasteiger partial charge in [0.2, 0.25) is 0 Å². The average Bonchev–Trinajstić information content (AvgIpc) is 2.90. The predicted molar refractivity (Wildman–Crippen MR) is 84.8 cm³/mol. The van der Waals surface area contributed by atoms with Gasteiger partial charge in [-0.3, -0.25) is 14.8 Å². The molecule has 1 fully saturated rings. The number of likely N-dealkylation sites (tertiary alicyclic amines) is 1. The zero-order chi connectivity index (χ0) is 15.0. The molecular formula is C14H20ClN2O4P. The van der Waals surface area contributed by atoms with Crippen molar-refractivity contribution in [3.63, 3.8) is 0 Å². The van der Waals surface area contributed by atoms with E-state index in [1.165, 1.54) is 5.56 Å². The summed E-state index contributed by atoms with van der Waals surface area (Å²) in [4.78, 5) is 32.2. The van der Waals surface area contributed by atoms with Gasteiger partial charge in [0.05, 0.1) is 6.17 Å². The van der Waals surface area contributed by atoms with Crippen LogP contribution in [0.1, 0.15) is 23.7 Å². The van der Waals surface area contributed by atoms with Crippen molar-refractivity contribution in [1.29, 1.82) is 0 Å². The van der Waals surface area contributed by atoms with Crippen LogP contribution in [0.5, 0.6) is 0 Å². The van der Waals surface area contributed by atoms with E-state index in [0.29, 0.717) is 19.3 Å². The molecule has 0 spiro atoms. The van der Waals surface area contributed by atoms with Crippen molar-refractivity contribution in [1.82, 2.24) is 10.2 Å². The SMILES string of the molecule is Cl.O=CC1CCN([C@@H]2NCCc3ccccc32)[C@H]1P(=O)(O)O. The van der Waals surface area contributed by atoms with Crippen molar-refractivity contribution in [3.8, 4) is 0 Å². The monoisotopic (exact) mass is 346 g/mol. The molecule has 1 aromatic carbocycles. The molecule has 22 heavy (non-hydrogen) atoms. The van der Waals surface area contributed by atoms with Gasteiger partial charge in [-0.25, -0.2) is 0 Å². The number of hydrogen-bond acceptors (Lipinski definition) is 4. The van der Waals surface area contributed by atoms with E-state index in [0.717, 1.165) is 18.5 Å². The second-order valence-corrected chi connectivity index (χ2v) is 7.34. The molecule has 2 heterocycles. The molecule has 0 aliphatic carbocycles. The van der Waals surface area contributed by atoms with Gasteiger partial charge in [0.1, 0.15) is 12.1 Å². The first-order valence-electron chi connectivity index (χ1n) is 7.10. The molecule has 0 radical (unpaired) electrons. The van der Waals surface area contributed by atoms with Crippen LogP contribution in [0.3, 0.4) is 0 Å². The maximum absolute atomic E-state index is 11.8. The van der Waals surface area contributed by atoms with Crippen molar-refractivity contribution in [3.05, 3.63) is 35.4 Å². The summed E-state index contributed by atoms with van der Waals surface area (Å²) in [5, 5.41) is 3.33. The number of nitrogens with one attached hydrogen (secondary N) is 1. The summed E-state index contributed by atoms with van der Waals surface area (Å²) in [6, 6.07) is 7.93. The van der Waals surface area contributed by atoms with Crippen LogP contribution >= 0.6 is 20.0 Å². The molecule has 0 amide bonds. The number of aldehydes is 1. The summed E-state index contributed by atoms with van der Waals surface area (Å²) in [6.07, 6.45) is 1.83. The summed E-state index contributed by atoms with van der Waals surface area (Å²) < 4.78 is 11.8. The fraction of sp³-hybridized carbons (Fsp3) is 0.500. The number of carbonyl (C=O) groups excluding carboxylic acids is 1. The summed E-state index contributed by atoms with van der Waals surface area (Å²) in [5.41, 5.74) is 2.24. The zero-order valence-corrected chi connectivity index (χ0v) is 13.7. The molecule has 2 aliphatic rings. The van der Waals surface area contributed by atoms with Crippen LogP contribution in [0.2, 0.25) is 0 Å². The van der Waals surface area contributed by atoms with Gasteiger partial charge >= 0.3 is 7.60 Å². The summed E-state index contributed by atoms with van der Waals surface area (Å²) in [5.74, 6) is -1.64. The quantitative estimate of drug-likeness (QED) is 0.564. The van der Waals surface area contributed by atoms with E-state index < -0.39 is 19.3 Å². The maximum atomic E-state index is 11.8. The van der Waals surface area contributed by atoms with Crippen LogP contribution in [0.25, 0.3) is 0 Å². The highest BCUT2D eigenvalue weighted by Crippen LogP contribution is 2.52. The molecule has 6 nitrogen and oxygen atoms in total. The van der Waals surface area contributed by atoms with Crippen LogP contribution in [0.15, 0.2) is 24.3 Å². The Morgan fingerprint density at radius 1 is 1.32 bits per heavy atom. The fourth-order valence-corrected chi connectivity index (χ4v) is 4.82. The van der Waals surface area contributed by atoms with Gasteiger partial charge in [-0.1, -0.05) is 24.3 Å².